The summed E-state index contributed by atoms with van der Waals surface area (Å²) >= 11 is 0. The Balaban J connectivity index is 0.000000242. The first-order valence-electron chi connectivity index (χ1n) is 9.23. The Morgan fingerprint density at radius 2 is 1.96 bits per heavy atom. The molecule has 7 heteroatoms. The number of hydrogen-bond acceptors (Lipinski definition) is 4. The molecule has 0 amide bonds. The summed E-state index contributed by atoms with van der Waals surface area (Å²) < 4.78 is 27.8. The van der Waals surface area contributed by atoms with Gasteiger partial charge in [0.2, 0.25) is 0 Å². The Hall–Kier alpha value is -1.41. The number of rotatable bonds is 2. The summed E-state index contributed by atoms with van der Waals surface area (Å²) in [6.45, 7) is 5.44. The van der Waals surface area contributed by atoms with Crippen LogP contribution in [0.4, 0.5) is 0 Å². The number of fused-ring (bicyclic) bond motifs is 5. The van der Waals surface area contributed by atoms with Crippen LogP contribution in [0.25, 0.3) is 10.9 Å². The normalized spacial score (nSPS) is 23.3. The van der Waals surface area contributed by atoms with Crippen LogP contribution in [0.2, 0.25) is 0 Å². The highest BCUT2D eigenvalue weighted by molar-refractivity contribution is 7.86. The second kappa shape index (κ2) is 7.68. The molecule has 3 N–H and O–H groups in total. The summed E-state index contributed by atoms with van der Waals surface area (Å²) in [7, 11) is -3.74. The first kappa shape index (κ1) is 19.4. The van der Waals surface area contributed by atoms with E-state index in [4.69, 9.17) is 4.55 Å². The van der Waals surface area contributed by atoms with Gasteiger partial charge in [0.15, 0.2) is 0 Å². The molecule has 1 aromatic heterocycles. The maximum absolute atomic E-state index is 9.89. The fourth-order valence-electron chi connectivity index (χ4n) is 4.01. The van der Waals surface area contributed by atoms with Crippen molar-refractivity contribution in [2.75, 3.05) is 19.7 Å². The number of piperidine rings is 1. The SMILES string of the molecule is CC(C)S(=O)(=O)O.OC[C@H]1CCCN2CCc3c([nH]c4ccccc34)C12. The Morgan fingerprint density at radius 1 is 1.27 bits per heavy atom. The number of benzene rings is 1. The third kappa shape index (κ3) is 3.81. The number of H-pyrrole nitrogens is 1. The maximum atomic E-state index is 9.89. The Kier molecular flexibility index (Phi) is 5.72. The summed E-state index contributed by atoms with van der Waals surface area (Å²) in [5, 5.41) is 10.4. The molecule has 26 heavy (non-hydrogen) atoms. The molecule has 144 valence electrons. The van der Waals surface area contributed by atoms with Gasteiger partial charge in [-0.15, -0.1) is 0 Å². The lowest BCUT2D eigenvalue weighted by atomic mass is 9.83. The number of nitrogens with one attached hydrogen (secondary N) is 1. The molecule has 4 rings (SSSR count). The number of aromatic amines is 1. The van der Waals surface area contributed by atoms with Crippen LogP contribution in [0.5, 0.6) is 0 Å². The van der Waals surface area contributed by atoms with Gasteiger partial charge in [-0.25, -0.2) is 0 Å². The van der Waals surface area contributed by atoms with Crippen LogP contribution in [-0.4, -0.2) is 52.9 Å². The largest absolute Gasteiger partial charge is 0.396 e. The number of aliphatic hydroxyl groups excluding tert-OH is 1. The zero-order valence-corrected chi connectivity index (χ0v) is 16.2. The predicted octanol–water partition coefficient (Wildman–Crippen LogP) is 2.75. The van der Waals surface area contributed by atoms with E-state index >= 15 is 0 Å². The van der Waals surface area contributed by atoms with Crippen LogP contribution in [0.3, 0.4) is 0 Å². The summed E-state index contributed by atoms with van der Waals surface area (Å²) in [4.78, 5) is 6.18. The average molecular weight is 381 g/mol. The van der Waals surface area contributed by atoms with Crippen LogP contribution in [0.1, 0.15) is 44.0 Å². The van der Waals surface area contributed by atoms with E-state index in [1.807, 2.05) is 0 Å². The van der Waals surface area contributed by atoms with Crippen LogP contribution in [-0.2, 0) is 16.5 Å². The van der Waals surface area contributed by atoms with Crippen molar-refractivity contribution in [3.05, 3.63) is 35.5 Å². The molecule has 0 bridgehead atoms. The van der Waals surface area contributed by atoms with E-state index in [1.165, 1.54) is 49.0 Å². The van der Waals surface area contributed by atoms with E-state index in [9.17, 15) is 13.5 Å². The maximum Gasteiger partial charge on any atom is 0.267 e. The molecule has 1 saturated heterocycles. The summed E-state index contributed by atoms with van der Waals surface area (Å²) in [5.41, 5.74) is 4.10. The number of aliphatic hydroxyl groups is 1. The van der Waals surface area contributed by atoms with Crippen LogP contribution < -0.4 is 0 Å². The number of nitrogens with zero attached hydrogens (tertiary/aromatic N) is 1. The van der Waals surface area contributed by atoms with E-state index in [2.05, 4.69) is 34.1 Å². The van der Waals surface area contributed by atoms with Crippen molar-refractivity contribution >= 4 is 21.0 Å². The molecule has 2 aromatic rings. The highest BCUT2D eigenvalue weighted by Gasteiger charge is 2.37. The second-order valence-electron chi connectivity index (χ2n) is 7.44. The molecular formula is C19H28N2O4S. The highest BCUT2D eigenvalue weighted by atomic mass is 32.2. The van der Waals surface area contributed by atoms with Crippen molar-refractivity contribution in [1.82, 2.24) is 9.88 Å². The predicted molar refractivity (Wildman–Crippen MR) is 103 cm³/mol. The topological polar surface area (TPSA) is 93.6 Å². The fraction of sp³-hybridized carbons (Fsp3) is 0.579. The lowest BCUT2D eigenvalue weighted by Gasteiger charge is -2.43. The summed E-state index contributed by atoms with van der Waals surface area (Å²) in [6.07, 6.45) is 3.50. The number of para-hydroxylation sites is 1. The zero-order chi connectivity index (χ0) is 18.9. The van der Waals surface area contributed by atoms with Gasteiger partial charge in [0, 0.05) is 35.7 Å². The van der Waals surface area contributed by atoms with Gasteiger partial charge in [0.1, 0.15) is 0 Å². The van der Waals surface area contributed by atoms with Gasteiger partial charge in [0.05, 0.1) is 11.3 Å². The molecule has 1 fully saturated rings. The minimum absolute atomic E-state index is 0.302. The van der Waals surface area contributed by atoms with Crippen LogP contribution in [0.15, 0.2) is 24.3 Å². The van der Waals surface area contributed by atoms with Crippen molar-refractivity contribution in [3.63, 3.8) is 0 Å². The van der Waals surface area contributed by atoms with Crippen molar-refractivity contribution < 1.29 is 18.1 Å². The minimum atomic E-state index is -3.74. The molecule has 6 nitrogen and oxygen atoms in total. The third-order valence-electron chi connectivity index (χ3n) is 5.48. The number of aromatic nitrogens is 1. The van der Waals surface area contributed by atoms with Gasteiger partial charge in [-0.1, -0.05) is 18.2 Å². The molecule has 2 aliphatic heterocycles. The monoisotopic (exact) mass is 380 g/mol. The Bertz CT molecular complexity index is 860. The zero-order valence-electron chi connectivity index (χ0n) is 15.4. The van der Waals surface area contributed by atoms with Crippen molar-refractivity contribution in [1.29, 1.82) is 0 Å². The fourth-order valence-corrected chi connectivity index (χ4v) is 4.01. The Morgan fingerprint density at radius 3 is 2.62 bits per heavy atom. The average Bonchev–Trinajstić information content (AvgIpc) is 2.99. The van der Waals surface area contributed by atoms with E-state index < -0.39 is 15.4 Å². The molecule has 2 aliphatic rings. The van der Waals surface area contributed by atoms with Crippen LogP contribution >= 0.6 is 0 Å². The molecule has 1 unspecified atom stereocenters. The molecule has 1 aromatic carbocycles. The minimum Gasteiger partial charge on any atom is -0.396 e. The quantitative estimate of drug-likeness (QED) is 0.697. The van der Waals surface area contributed by atoms with Gasteiger partial charge in [-0.3, -0.25) is 9.45 Å². The summed E-state index contributed by atoms with van der Waals surface area (Å²) in [5.74, 6) is 0.390. The molecule has 2 atom stereocenters. The third-order valence-corrected chi connectivity index (χ3v) is 6.67. The standard InChI is InChI=1S/C16H20N2O.C3H8O3S/c19-10-11-4-3-8-18-9-7-13-12-5-1-2-6-14(12)17-15(13)16(11)18;1-3(2)7(4,5)6/h1-2,5-6,11,16-17,19H,3-4,7-10H2;3H,1-2H3,(H,4,5,6)/t11-,16?;/m1./s1. The first-order valence-corrected chi connectivity index (χ1v) is 10.7. The van der Waals surface area contributed by atoms with Gasteiger partial charge < -0.3 is 10.1 Å². The van der Waals surface area contributed by atoms with Gasteiger partial charge >= 0.3 is 0 Å². The lowest BCUT2D eigenvalue weighted by Crippen LogP contribution is -2.44. The molecule has 0 radical (unpaired) electrons. The van der Waals surface area contributed by atoms with E-state index in [0.29, 0.717) is 18.6 Å². The van der Waals surface area contributed by atoms with Gasteiger partial charge in [-0.05, 0) is 51.3 Å². The van der Waals surface area contributed by atoms with E-state index in [-0.39, 0.29) is 0 Å². The molecule has 0 spiro atoms. The Labute approximate surface area is 155 Å². The molecule has 0 aliphatic carbocycles. The smallest absolute Gasteiger partial charge is 0.267 e. The van der Waals surface area contributed by atoms with Gasteiger partial charge in [-0.2, -0.15) is 8.42 Å². The lowest BCUT2D eigenvalue weighted by molar-refractivity contribution is 0.0465. The number of hydrogen-bond donors (Lipinski definition) is 3. The highest BCUT2D eigenvalue weighted by Crippen LogP contribution is 2.42. The summed E-state index contributed by atoms with van der Waals surface area (Å²) in [6, 6.07) is 8.99. The van der Waals surface area contributed by atoms with Gasteiger partial charge in [0.25, 0.3) is 10.1 Å². The van der Waals surface area contributed by atoms with Crippen molar-refractivity contribution in [2.24, 2.45) is 5.92 Å². The first-order chi connectivity index (χ1) is 12.3. The van der Waals surface area contributed by atoms with Crippen molar-refractivity contribution in [2.45, 2.75) is 44.4 Å². The van der Waals surface area contributed by atoms with Crippen molar-refractivity contribution in [3.8, 4) is 0 Å². The second-order valence-corrected chi connectivity index (χ2v) is 9.41. The molecule has 0 saturated carbocycles. The molecular weight excluding hydrogens is 352 g/mol. The molecule has 3 heterocycles. The van der Waals surface area contributed by atoms with E-state index in [0.717, 1.165) is 19.4 Å². The van der Waals surface area contributed by atoms with E-state index in [1.54, 1.807) is 0 Å². The van der Waals surface area contributed by atoms with Crippen LogP contribution in [0, 0.1) is 5.92 Å².